The molecule has 0 saturated carbocycles. The molecule has 18 heteroatoms. The number of aromatic nitrogens is 3. The monoisotopic (exact) mass is 760 g/mol. The number of nitrogens with zero attached hydrogens (tertiary/aromatic N) is 5. The SMILES string of the molecule is CNCCC(CC(C)Oc1nc2c3c(c(C(F)(F)F)c(-c4ccc(F)c5sc(N)c(C#N)c45)c(F)c3n1)OCCN2C(C)c1cc(F)cnc1N)OC. The first kappa shape index (κ1) is 37.6. The Hall–Kier alpha value is -5.12. The molecule has 4 heterocycles. The van der Waals surface area contributed by atoms with E-state index >= 15 is 22.0 Å². The normalized spacial score (nSPS) is 14.8. The Bertz CT molecular complexity index is 2250. The van der Waals surface area contributed by atoms with E-state index in [0.717, 1.165) is 24.4 Å². The van der Waals surface area contributed by atoms with Crippen LogP contribution in [0.4, 0.5) is 43.0 Å². The molecule has 2 aromatic carbocycles. The number of nitrogens with one attached hydrogen (secondary N) is 1. The van der Waals surface area contributed by atoms with Gasteiger partial charge in [0.2, 0.25) is 0 Å². The fourth-order valence-corrected chi connectivity index (χ4v) is 7.58. The number of thiophene rings is 1. The van der Waals surface area contributed by atoms with Crippen LogP contribution >= 0.6 is 11.3 Å². The first-order valence-electron chi connectivity index (χ1n) is 16.4. The van der Waals surface area contributed by atoms with Crippen LogP contribution in [0.2, 0.25) is 0 Å². The van der Waals surface area contributed by atoms with Gasteiger partial charge in [0, 0.05) is 30.0 Å². The van der Waals surface area contributed by atoms with Gasteiger partial charge in [0.05, 0.1) is 40.5 Å². The highest BCUT2D eigenvalue weighted by molar-refractivity contribution is 7.23. The topological polar surface area (TPSA) is 157 Å². The Kier molecular flexibility index (Phi) is 10.5. The van der Waals surface area contributed by atoms with Crippen molar-refractivity contribution in [1.82, 2.24) is 20.3 Å². The van der Waals surface area contributed by atoms with E-state index < -0.39 is 69.1 Å². The van der Waals surface area contributed by atoms with Crippen molar-refractivity contribution in [2.24, 2.45) is 0 Å². The number of halogens is 6. The average Bonchev–Trinajstić information content (AvgIpc) is 3.34. The number of anilines is 3. The van der Waals surface area contributed by atoms with Crippen molar-refractivity contribution in [2.45, 2.75) is 51.1 Å². The third-order valence-corrected chi connectivity index (χ3v) is 10.1. The minimum absolute atomic E-state index is 0.0481. The van der Waals surface area contributed by atoms with Crippen molar-refractivity contribution in [3.63, 3.8) is 0 Å². The van der Waals surface area contributed by atoms with Crippen LogP contribution in [-0.4, -0.2) is 61.0 Å². The van der Waals surface area contributed by atoms with Crippen LogP contribution < -0.4 is 31.2 Å². The Morgan fingerprint density at radius 3 is 2.58 bits per heavy atom. The first-order chi connectivity index (χ1) is 25.2. The summed E-state index contributed by atoms with van der Waals surface area (Å²) in [6.07, 6.45) is -4.26. The lowest BCUT2D eigenvalue weighted by Gasteiger charge is -2.30. The van der Waals surface area contributed by atoms with E-state index in [1.807, 2.05) is 6.07 Å². The number of rotatable bonds is 11. The Morgan fingerprint density at radius 1 is 1.15 bits per heavy atom. The highest BCUT2D eigenvalue weighted by atomic mass is 32.1. The third kappa shape index (κ3) is 6.91. The molecule has 0 saturated heterocycles. The van der Waals surface area contributed by atoms with E-state index in [1.165, 1.54) is 4.90 Å². The van der Waals surface area contributed by atoms with Crippen LogP contribution in [0.15, 0.2) is 24.4 Å². The average molecular weight is 761 g/mol. The fraction of sp³-hybridized carbons (Fsp3) is 0.371. The van der Waals surface area contributed by atoms with E-state index in [4.69, 9.17) is 25.7 Å². The van der Waals surface area contributed by atoms with Gasteiger partial charge in [0.1, 0.15) is 63.9 Å². The van der Waals surface area contributed by atoms with Crippen molar-refractivity contribution < 1.29 is 40.6 Å². The zero-order valence-corrected chi connectivity index (χ0v) is 29.7. The number of alkyl halides is 3. The molecule has 53 heavy (non-hydrogen) atoms. The molecular weight excluding hydrogens is 726 g/mol. The zero-order valence-electron chi connectivity index (χ0n) is 28.9. The summed E-state index contributed by atoms with van der Waals surface area (Å²) in [7, 11) is 3.33. The van der Waals surface area contributed by atoms with Crippen LogP contribution in [0.3, 0.4) is 0 Å². The number of nitrogens with two attached hydrogens (primary N) is 2. The number of benzene rings is 2. The number of pyridine rings is 1. The lowest BCUT2D eigenvalue weighted by atomic mass is 9.91. The molecule has 0 radical (unpaired) electrons. The van der Waals surface area contributed by atoms with Gasteiger partial charge in [0.25, 0.3) is 0 Å². The summed E-state index contributed by atoms with van der Waals surface area (Å²) in [5.41, 5.74) is 8.34. The molecule has 1 aliphatic heterocycles. The van der Waals surface area contributed by atoms with Crippen LogP contribution in [0, 0.1) is 28.8 Å². The first-order valence-corrected chi connectivity index (χ1v) is 17.2. The summed E-state index contributed by atoms with van der Waals surface area (Å²) in [5, 5.41) is 12.0. The van der Waals surface area contributed by atoms with E-state index in [9.17, 15) is 9.65 Å². The second-order valence-corrected chi connectivity index (χ2v) is 13.5. The summed E-state index contributed by atoms with van der Waals surface area (Å²) in [4.78, 5) is 14.2. The highest BCUT2D eigenvalue weighted by Crippen LogP contribution is 2.54. The smallest absolute Gasteiger partial charge is 0.420 e. The second kappa shape index (κ2) is 14.7. The molecule has 3 unspecified atom stereocenters. The number of methoxy groups -OCH3 is 1. The molecule has 280 valence electrons. The molecule has 0 bridgehead atoms. The van der Waals surface area contributed by atoms with Crippen LogP contribution in [0.1, 0.15) is 49.4 Å². The second-order valence-electron chi connectivity index (χ2n) is 12.5. The third-order valence-electron chi connectivity index (χ3n) is 9.12. The van der Waals surface area contributed by atoms with Gasteiger partial charge in [-0.05, 0) is 51.6 Å². The van der Waals surface area contributed by atoms with Gasteiger partial charge in [-0.1, -0.05) is 6.07 Å². The van der Waals surface area contributed by atoms with Crippen LogP contribution in [0.5, 0.6) is 11.8 Å². The molecule has 5 aromatic rings. The number of hydrogen-bond donors (Lipinski definition) is 3. The molecule has 0 fully saturated rings. The molecule has 3 atom stereocenters. The Balaban J connectivity index is 1.67. The maximum absolute atomic E-state index is 17.3. The molecule has 11 nitrogen and oxygen atoms in total. The Morgan fingerprint density at radius 2 is 1.91 bits per heavy atom. The molecule has 0 spiro atoms. The Labute approximate surface area is 303 Å². The summed E-state index contributed by atoms with van der Waals surface area (Å²) in [5.74, 6) is -4.10. The van der Waals surface area contributed by atoms with Crippen LogP contribution in [-0.2, 0) is 10.9 Å². The summed E-state index contributed by atoms with van der Waals surface area (Å²) >= 11 is 0.650. The lowest BCUT2D eigenvalue weighted by Crippen LogP contribution is -2.32. The summed E-state index contributed by atoms with van der Waals surface area (Å²) in [6, 6.07) is 3.52. The largest absolute Gasteiger partial charge is 0.490 e. The minimum atomic E-state index is -5.27. The lowest BCUT2D eigenvalue weighted by molar-refractivity contribution is -0.138. The van der Waals surface area contributed by atoms with Gasteiger partial charge in [-0.25, -0.2) is 18.2 Å². The van der Waals surface area contributed by atoms with Gasteiger partial charge < -0.3 is 35.9 Å². The van der Waals surface area contributed by atoms with Crippen LogP contribution in [0.25, 0.3) is 32.1 Å². The van der Waals surface area contributed by atoms with Crippen molar-refractivity contribution >= 4 is 49.0 Å². The van der Waals surface area contributed by atoms with E-state index in [-0.39, 0.29) is 63.1 Å². The maximum atomic E-state index is 17.3. The van der Waals surface area contributed by atoms with E-state index in [1.54, 1.807) is 28.0 Å². The number of hydrogen-bond acceptors (Lipinski definition) is 12. The minimum Gasteiger partial charge on any atom is -0.490 e. The molecule has 5 N–H and O–H groups in total. The van der Waals surface area contributed by atoms with E-state index in [2.05, 4.69) is 20.3 Å². The number of nitriles is 1. The standard InChI is InChI=1S/C35H34F6N8O3S/c1-15(11-18(50-4)7-8-45-3)52-34-47-28-25-29(51-10-9-49(33(25)48-34)16(2)20-12-17(36)14-46-31(20)43)26(35(39,40)41)24(27(28)38)19-5-6-22(37)30-23(19)21(13-42)32(44)53-30/h5-6,12,14-16,18,45H,7-11,44H2,1-4H3,(H2,43,46). The fourth-order valence-electron chi connectivity index (χ4n) is 6.63. The molecule has 0 amide bonds. The van der Waals surface area contributed by atoms with Gasteiger partial charge in [0.15, 0.2) is 5.82 Å². The summed E-state index contributed by atoms with van der Waals surface area (Å²) in [6.45, 7) is 3.45. The van der Waals surface area contributed by atoms with E-state index in [0.29, 0.717) is 30.7 Å². The highest BCUT2D eigenvalue weighted by Gasteiger charge is 2.44. The van der Waals surface area contributed by atoms with Crippen molar-refractivity contribution in [2.75, 3.05) is 50.2 Å². The van der Waals surface area contributed by atoms with Gasteiger partial charge in [-0.15, -0.1) is 11.3 Å². The molecule has 6 rings (SSSR count). The predicted molar refractivity (Wildman–Crippen MR) is 188 cm³/mol. The van der Waals surface area contributed by atoms with Gasteiger partial charge in [-0.2, -0.15) is 28.4 Å². The van der Waals surface area contributed by atoms with Crippen molar-refractivity contribution in [1.29, 1.82) is 5.26 Å². The number of nitrogen functional groups attached to an aromatic ring is 2. The van der Waals surface area contributed by atoms with Gasteiger partial charge >= 0.3 is 12.2 Å². The zero-order chi connectivity index (χ0) is 38.4. The summed E-state index contributed by atoms with van der Waals surface area (Å²) < 4.78 is 110. The number of ether oxygens (including phenoxy) is 3. The molecular formula is C35H34F6N8O3S. The van der Waals surface area contributed by atoms with Crippen molar-refractivity contribution in [3.05, 3.63) is 58.5 Å². The predicted octanol–water partition coefficient (Wildman–Crippen LogP) is 7.12. The van der Waals surface area contributed by atoms with Crippen molar-refractivity contribution in [3.8, 4) is 29.0 Å². The maximum Gasteiger partial charge on any atom is 0.420 e. The van der Waals surface area contributed by atoms with Gasteiger partial charge in [-0.3, -0.25) is 0 Å². The number of fused-ring (bicyclic) bond motifs is 1. The molecule has 3 aromatic heterocycles. The molecule has 1 aliphatic rings. The molecule has 0 aliphatic carbocycles. The quantitative estimate of drug-likeness (QED) is 0.118.